The molecule has 2 aliphatic carbocycles. The molecule has 50 heavy (non-hydrogen) atoms. The number of hydrogen-bond acceptors (Lipinski definition) is 0. The molecule has 0 amide bonds. The van der Waals surface area contributed by atoms with Crippen LogP contribution in [0, 0.1) is 162 Å². The van der Waals surface area contributed by atoms with Gasteiger partial charge < -0.3 is 40.5 Å². The van der Waals surface area contributed by atoms with Crippen LogP contribution in [0.3, 0.4) is 0 Å². The fourth-order valence-electron chi connectivity index (χ4n) is 8.32. The van der Waals surface area contributed by atoms with Crippen molar-refractivity contribution in [3.05, 3.63) is 57.6 Å². The van der Waals surface area contributed by atoms with Crippen molar-refractivity contribution in [2.24, 2.45) is 0 Å². The summed E-state index contributed by atoms with van der Waals surface area (Å²) >= 11 is 0. The second-order valence-electron chi connectivity index (χ2n) is 19.4. The van der Waals surface area contributed by atoms with Crippen molar-refractivity contribution in [1.29, 1.82) is 0 Å². The SMILES string of the molecule is C[c-]1[c-](C)[c-](C)[c-]([Si](C)(C)[PH2+]C2CCCCC2)[c-]1C.Cc1c(C)c(C)[c-]([Si](C)(C)[PH2+]C2CCCCC2)c1C.[CH2-][Si](C)(C)C.[CH2-][Si](C)(C)C.[Yb].[Yb]. The van der Waals surface area contributed by atoms with Crippen LogP contribution in [0.15, 0.2) is 0 Å². The van der Waals surface area contributed by atoms with E-state index in [1.807, 2.05) is 10.4 Å². The van der Waals surface area contributed by atoms with E-state index in [-0.39, 0.29) is 93.8 Å². The van der Waals surface area contributed by atoms with Gasteiger partial charge in [0.1, 0.15) is 0 Å². The van der Waals surface area contributed by atoms with E-state index in [9.17, 15) is 0 Å². The van der Waals surface area contributed by atoms with Gasteiger partial charge in [0.05, 0.1) is 11.3 Å². The monoisotopic (exact) mass is 1110 g/mol. The fraction of sp³-hybridized carbons (Fsp3) is 0.714. The van der Waals surface area contributed by atoms with Gasteiger partial charge in [0.25, 0.3) is 0 Å². The van der Waals surface area contributed by atoms with Crippen LogP contribution in [0.25, 0.3) is 0 Å². The maximum atomic E-state index is 3.91. The Kier molecular flexibility index (Phi) is 27.1. The Morgan fingerprint density at radius 3 is 1.02 bits per heavy atom. The third-order valence-electron chi connectivity index (χ3n) is 10.8. The molecule has 312 valence electrons. The van der Waals surface area contributed by atoms with E-state index < -0.39 is 31.6 Å². The standard InChI is InChI=1S/2C17H30PSi.2C4H11Si.2Yb/c2*1-12-13(2)15(4)17(14(12)3)19(5,6)18-16-10-8-7-9-11-16;2*1-5(2,3)4;;/h2*16,18H,7-11H2,1-6H3;2*1H2,2-4H3;;/q-5;3*-1;;/p+2. The summed E-state index contributed by atoms with van der Waals surface area (Å²) in [5.74, 6) is 0. The van der Waals surface area contributed by atoms with Gasteiger partial charge in [0.15, 0.2) is 7.74 Å². The van der Waals surface area contributed by atoms with Gasteiger partial charge in [-0.25, -0.2) is 27.7 Å². The van der Waals surface area contributed by atoms with E-state index in [0.29, 0.717) is 16.3 Å². The average molecular weight is 1110 g/mol. The average Bonchev–Trinajstić information content (AvgIpc) is 3.26. The molecule has 2 aromatic carbocycles. The molecule has 0 spiro atoms. The van der Waals surface area contributed by atoms with Crippen LogP contribution in [-0.4, -0.2) is 42.9 Å². The molecule has 8 heteroatoms. The third kappa shape index (κ3) is 19.8. The van der Waals surface area contributed by atoms with E-state index in [1.54, 1.807) is 44.5 Å². The summed E-state index contributed by atoms with van der Waals surface area (Å²) in [5, 5.41) is 3.64. The molecule has 0 aliphatic heterocycles. The van der Waals surface area contributed by atoms with Crippen LogP contribution >= 0.6 is 16.3 Å². The molecule has 2 atom stereocenters. The normalized spacial score (nSPS) is 16.6. The molecular weight excluding hydrogens is 1020 g/mol. The largest absolute Gasteiger partial charge is 0.731 e. The molecule has 2 unspecified atom stereocenters. The quantitative estimate of drug-likeness (QED) is 0.154. The van der Waals surface area contributed by atoms with E-state index in [0.717, 1.165) is 11.3 Å². The van der Waals surface area contributed by atoms with Gasteiger partial charge in [0, 0.05) is 102 Å². The molecule has 0 bridgehead atoms. The van der Waals surface area contributed by atoms with Crippen molar-refractivity contribution < 1.29 is 93.8 Å². The first-order valence-corrected chi connectivity index (χ1v) is 38.0. The van der Waals surface area contributed by atoms with E-state index in [2.05, 4.69) is 134 Å². The Hall–Kier alpha value is 3.47. The molecule has 2 aromatic rings. The van der Waals surface area contributed by atoms with Crippen molar-refractivity contribution in [3.8, 4) is 0 Å². The van der Waals surface area contributed by atoms with Crippen molar-refractivity contribution in [2.75, 3.05) is 0 Å². The minimum absolute atomic E-state index is 0. The van der Waals surface area contributed by atoms with Crippen LogP contribution < -0.4 is 10.4 Å². The zero-order chi connectivity index (χ0) is 37.4. The van der Waals surface area contributed by atoms with Gasteiger partial charge in [-0.3, -0.25) is 0 Å². The Morgan fingerprint density at radius 2 is 0.740 bits per heavy atom. The summed E-state index contributed by atoms with van der Waals surface area (Å²) in [6.45, 7) is 50.5. The maximum absolute atomic E-state index is 3.91. The topological polar surface area (TPSA) is 0 Å². The van der Waals surface area contributed by atoms with Gasteiger partial charge in [-0.2, -0.15) is 22.3 Å². The second kappa shape index (κ2) is 24.4. The minimum atomic E-state index is -1.18. The Bertz CT molecular complexity index is 1110. The first-order valence-electron chi connectivity index (χ1n) is 19.6. The molecule has 2 aliphatic rings. The molecule has 2 fully saturated rings. The molecule has 0 aromatic heterocycles. The summed E-state index contributed by atoms with van der Waals surface area (Å²) in [6.07, 6.45) is 15.1. The first-order chi connectivity index (χ1) is 21.7. The predicted octanol–water partition coefficient (Wildman–Crippen LogP) is 13.0. The zero-order valence-electron chi connectivity index (χ0n) is 36.3. The maximum Gasteiger partial charge on any atom is 0.193 e. The summed E-state index contributed by atoms with van der Waals surface area (Å²) in [7, 11) is -2.77. The molecule has 4 rings (SSSR count). The Balaban J connectivity index is 0. The fourth-order valence-corrected chi connectivity index (χ4v) is 29.9. The second-order valence-corrected chi connectivity index (χ2v) is 50.8. The van der Waals surface area contributed by atoms with Gasteiger partial charge in [-0.1, -0.05) is 109 Å². The molecule has 2 saturated carbocycles. The molecule has 0 nitrogen and oxygen atoms in total. The van der Waals surface area contributed by atoms with Crippen LogP contribution in [0.5, 0.6) is 0 Å². The van der Waals surface area contributed by atoms with Crippen molar-refractivity contribution in [3.63, 3.8) is 0 Å². The third-order valence-corrected chi connectivity index (χ3v) is 28.3. The van der Waals surface area contributed by atoms with E-state index in [4.69, 9.17) is 0 Å². The predicted molar refractivity (Wildman–Crippen MR) is 247 cm³/mol. The molecular formula is C42H84P2Si4Yb2-6. The van der Waals surface area contributed by atoms with Crippen LogP contribution in [0.2, 0.25) is 65.5 Å². The zero-order valence-corrected chi connectivity index (χ0v) is 46.1. The Morgan fingerprint density at radius 1 is 0.480 bits per heavy atom. The van der Waals surface area contributed by atoms with E-state index >= 15 is 0 Å². The summed E-state index contributed by atoms with van der Waals surface area (Å²) in [4.78, 5) is 0. The van der Waals surface area contributed by atoms with Gasteiger partial charge in [0.2, 0.25) is 0 Å². The smallest absolute Gasteiger partial charge is 0.193 e. The molecule has 0 heterocycles. The first kappa shape index (κ1) is 55.6. The van der Waals surface area contributed by atoms with Crippen molar-refractivity contribution in [2.45, 2.75) is 196 Å². The van der Waals surface area contributed by atoms with E-state index in [1.165, 1.54) is 64.2 Å². The molecule has 0 saturated heterocycles. The van der Waals surface area contributed by atoms with Gasteiger partial charge >= 0.3 is 0 Å². The van der Waals surface area contributed by atoms with Gasteiger partial charge in [-0.05, 0) is 64.5 Å². The van der Waals surface area contributed by atoms with Crippen LogP contribution in [-0.2, 0) is 0 Å². The van der Waals surface area contributed by atoms with Crippen LogP contribution in [0.1, 0.15) is 109 Å². The summed E-state index contributed by atoms with van der Waals surface area (Å²) in [5.41, 5.74) is 15.0. The van der Waals surface area contributed by atoms with Crippen molar-refractivity contribution >= 4 is 58.3 Å². The molecule has 0 radical (unpaired) electrons. The van der Waals surface area contributed by atoms with Gasteiger partial charge in [-0.15, -0.1) is 21.3 Å². The number of hydrogen-bond donors (Lipinski definition) is 0. The van der Waals surface area contributed by atoms with Crippen molar-refractivity contribution in [1.82, 2.24) is 0 Å². The van der Waals surface area contributed by atoms with Crippen LogP contribution in [0.4, 0.5) is 0 Å². The molecule has 0 N–H and O–H groups in total. The summed E-state index contributed by atoms with van der Waals surface area (Å²) < 4.78 is 0. The summed E-state index contributed by atoms with van der Waals surface area (Å²) in [6, 6.07) is 0. The minimum Gasteiger partial charge on any atom is -0.731 e. The number of rotatable bonds is 6. The Labute approximate surface area is 400 Å².